The van der Waals surface area contributed by atoms with Crippen LogP contribution in [0.25, 0.3) is 0 Å². The smallest absolute Gasteiger partial charge is 0.137 e. The van der Waals surface area contributed by atoms with Gasteiger partial charge in [0.05, 0.1) is 19.2 Å². The average molecular weight is 267 g/mol. The predicted molar refractivity (Wildman–Crippen MR) is 75.5 cm³/mol. The molecule has 0 N–H and O–H groups in total. The molecular formula is C15H19ClO2. The number of methoxy groups -OCH3 is 2. The first kappa shape index (κ1) is 14.7. The summed E-state index contributed by atoms with van der Waals surface area (Å²) < 4.78 is 10.6. The lowest BCUT2D eigenvalue weighted by Gasteiger charge is -2.13. The molecule has 3 heteroatoms. The zero-order chi connectivity index (χ0) is 13.5. The van der Waals surface area contributed by atoms with Crippen LogP contribution in [0, 0.1) is 17.8 Å². The number of benzene rings is 1. The minimum atomic E-state index is 0.282. The molecule has 0 saturated carbocycles. The maximum atomic E-state index is 6.07. The fourth-order valence-corrected chi connectivity index (χ4v) is 1.97. The van der Waals surface area contributed by atoms with Crippen LogP contribution in [0.5, 0.6) is 11.5 Å². The number of ether oxygens (including phenoxy) is 2. The quantitative estimate of drug-likeness (QED) is 0.769. The minimum absolute atomic E-state index is 0.282. The molecule has 1 aromatic rings. The van der Waals surface area contributed by atoms with Crippen LogP contribution >= 0.6 is 11.6 Å². The first-order chi connectivity index (χ1) is 8.62. The van der Waals surface area contributed by atoms with Gasteiger partial charge in [-0.1, -0.05) is 31.4 Å². The van der Waals surface area contributed by atoms with Crippen molar-refractivity contribution in [3.05, 3.63) is 22.7 Å². The van der Waals surface area contributed by atoms with Crippen LogP contribution in [0.2, 0.25) is 5.02 Å². The van der Waals surface area contributed by atoms with E-state index in [9.17, 15) is 0 Å². The standard InChI is InChI=1S/C15H19ClO2/c1-5-6-7-11(2)8-12-9-15(18-4)13(16)10-14(12)17-3/h9-11H,5,8H2,1-4H3. The Morgan fingerprint density at radius 2 is 1.89 bits per heavy atom. The molecule has 0 aromatic heterocycles. The largest absolute Gasteiger partial charge is 0.496 e. The van der Waals surface area contributed by atoms with Crippen molar-refractivity contribution in [1.82, 2.24) is 0 Å². The Morgan fingerprint density at radius 3 is 2.44 bits per heavy atom. The molecule has 0 spiro atoms. The molecule has 2 nitrogen and oxygen atoms in total. The van der Waals surface area contributed by atoms with Crippen molar-refractivity contribution in [2.45, 2.75) is 26.7 Å². The topological polar surface area (TPSA) is 18.5 Å². The highest BCUT2D eigenvalue weighted by molar-refractivity contribution is 6.32. The molecule has 0 saturated heterocycles. The predicted octanol–water partition coefficient (Wildman–Crippen LogP) is 3.95. The molecule has 1 aromatic carbocycles. The summed E-state index contributed by atoms with van der Waals surface area (Å²) in [6, 6.07) is 3.71. The van der Waals surface area contributed by atoms with Gasteiger partial charge in [0.2, 0.25) is 0 Å². The van der Waals surface area contributed by atoms with E-state index in [2.05, 4.69) is 18.8 Å². The highest BCUT2D eigenvalue weighted by Crippen LogP contribution is 2.33. The van der Waals surface area contributed by atoms with Crippen molar-refractivity contribution < 1.29 is 9.47 Å². The summed E-state index contributed by atoms with van der Waals surface area (Å²) >= 11 is 6.07. The van der Waals surface area contributed by atoms with Crippen LogP contribution in [0.4, 0.5) is 0 Å². The zero-order valence-corrected chi connectivity index (χ0v) is 12.1. The van der Waals surface area contributed by atoms with Crippen molar-refractivity contribution in [3.8, 4) is 23.3 Å². The molecule has 0 bridgehead atoms. The minimum Gasteiger partial charge on any atom is -0.496 e. The fraction of sp³-hybridized carbons (Fsp3) is 0.467. The van der Waals surface area contributed by atoms with Crippen LogP contribution in [0.15, 0.2) is 12.1 Å². The van der Waals surface area contributed by atoms with Gasteiger partial charge in [-0.3, -0.25) is 0 Å². The second-order valence-corrected chi connectivity index (χ2v) is 4.49. The molecule has 1 unspecified atom stereocenters. The Hall–Kier alpha value is -1.33. The van der Waals surface area contributed by atoms with E-state index in [4.69, 9.17) is 21.1 Å². The van der Waals surface area contributed by atoms with Gasteiger partial charge >= 0.3 is 0 Å². The van der Waals surface area contributed by atoms with E-state index in [1.165, 1.54) is 0 Å². The van der Waals surface area contributed by atoms with Crippen LogP contribution in [0.1, 0.15) is 25.8 Å². The van der Waals surface area contributed by atoms with Crippen molar-refractivity contribution >= 4 is 11.6 Å². The Morgan fingerprint density at radius 1 is 1.22 bits per heavy atom. The summed E-state index contributed by atoms with van der Waals surface area (Å²) in [4.78, 5) is 0. The van der Waals surface area contributed by atoms with Crippen LogP contribution in [-0.4, -0.2) is 14.2 Å². The summed E-state index contributed by atoms with van der Waals surface area (Å²) in [5.41, 5.74) is 1.07. The Bertz CT molecular complexity index is 458. The highest BCUT2D eigenvalue weighted by atomic mass is 35.5. The van der Waals surface area contributed by atoms with Gasteiger partial charge in [0, 0.05) is 18.4 Å². The number of halogens is 1. The SMILES string of the molecule is CCC#CC(C)Cc1cc(OC)c(Cl)cc1OC. The van der Waals surface area contributed by atoms with E-state index >= 15 is 0 Å². The van der Waals surface area contributed by atoms with Crippen molar-refractivity contribution in [2.75, 3.05) is 14.2 Å². The molecule has 0 aliphatic heterocycles. The van der Waals surface area contributed by atoms with Crippen molar-refractivity contribution in [3.63, 3.8) is 0 Å². The molecular weight excluding hydrogens is 248 g/mol. The summed E-state index contributed by atoms with van der Waals surface area (Å²) in [7, 11) is 3.25. The van der Waals surface area contributed by atoms with Gasteiger partial charge < -0.3 is 9.47 Å². The lowest BCUT2D eigenvalue weighted by atomic mass is 10.0. The van der Waals surface area contributed by atoms with Crippen LogP contribution in [-0.2, 0) is 6.42 Å². The van der Waals surface area contributed by atoms with E-state index in [0.29, 0.717) is 10.8 Å². The second-order valence-electron chi connectivity index (χ2n) is 4.08. The molecule has 18 heavy (non-hydrogen) atoms. The fourth-order valence-electron chi connectivity index (χ4n) is 1.74. The van der Waals surface area contributed by atoms with Crippen LogP contribution < -0.4 is 9.47 Å². The van der Waals surface area contributed by atoms with E-state index in [-0.39, 0.29) is 5.92 Å². The van der Waals surface area contributed by atoms with Gasteiger partial charge in [-0.2, -0.15) is 0 Å². The van der Waals surface area contributed by atoms with Gasteiger partial charge in [0.15, 0.2) is 0 Å². The third-order valence-electron chi connectivity index (χ3n) is 2.61. The molecule has 0 amide bonds. The van der Waals surface area contributed by atoms with Crippen molar-refractivity contribution in [1.29, 1.82) is 0 Å². The molecule has 0 fully saturated rings. The van der Waals surface area contributed by atoms with E-state index in [1.807, 2.05) is 13.0 Å². The molecule has 1 rings (SSSR count). The first-order valence-corrected chi connectivity index (χ1v) is 6.38. The zero-order valence-electron chi connectivity index (χ0n) is 11.3. The maximum Gasteiger partial charge on any atom is 0.137 e. The van der Waals surface area contributed by atoms with Gasteiger partial charge in [0.25, 0.3) is 0 Å². The van der Waals surface area contributed by atoms with E-state index in [1.54, 1.807) is 20.3 Å². The van der Waals surface area contributed by atoms with Crippen LogP contribution in [0.3, 0.4) is 0 Å². The third kappa shape index (κ3) is 3.85. The average Bonchev–Trinajstić information content (AvgIpc) is 2.37. The Labute approximate surface area is 114 Å². The Kier molecular flexibility index (Phi) is 5.88. The maximum absolute atomic E-state index is 6.07. The number of hydrogen-bond donors (Lipinski definition) is 0. The van der Waals surface area contributed by atoms with Gasteiger partial charge in [0.1, 0.15) is 11.5 Å². The second kappa shape index (κ2) is 7.18. The number of rotatable bonds is 4. The third-order valence-corrected chi connectivity index (χ3v) is 2.90. The molecule has 0 radical (unpaired) electrons. The van der Waals surface area contributed by atoms with Gasteiger partial charge in [-0.15, -0.1) is 5.92 Å². The van der Waals surface area contributed by atoms with E-state index in [0.717, 1.165) is 24.2 Å². The van der Waals surface area contributed by atoms with Gasteiger partial charge in [-0.05, 0) is 18.1 Å². The van der Waals surface area contributed by atoms with E-state index < -0.39 is 0 Å². The lowest BCUT2D eigenvalue weighted by molar-refractivity contribution is 0.397. The Balaban J connectivity index is 2.99. The number of hydrogen-bond acceptors (Lipinski definition) is 2. The molecule has 0 aliphatic carbocycles. The monoisotopic (exact) mass is 266 g/mol. The van der Waals surface area contributed by atoms with Crippen molar-refractivity contribution in [2.24, 2.45) is 5.92 Å². The summed E-state index contributed by atoms with van der Waals surface area (Å²) in [5, 5.41) is 0.561. The normalized spacial score (nSPS) is 11.4. The summed E-state index contributed by atoms with van der Waals surface area (Å²) in [5.74, 6) is 8.04. The highest BCUT2D eigenvalue weighted by Gasteiger charge is 2.11. The first-order valence-electron chi connectivity index (χ1n) is 6.01. The van der Waals surface area contributed by atoms with Gasteiger partial charge in [-0.25, -0.2) is 0 Å². The molecule has 0 heterocycles. The molecule has 98 valence electrons. The lowest BCUT2D eigenvalue weighted by Crippen LogP contribution is -2.00. The molecule has 1 atom stereocenters. The molecule has 0 aliphatic rings. The summed E-state index contributed by atoms with van der Waals surface area (Å²) in [6.45, 7) is 4.15. The summed E-state index contributed by atoms with van der Waals surface area (Å²) in [6.07, 6.45) is 1.70.